The number of rotatable bonds is 5. The van der Waals surface area contributed by atoms with E-state index >= 15 is 0 Å². The molecule has 2 aliphatic rings. The van der Waals surface area contributed by atoms with E-state index in [0.29, 0.717) is 29.5 Å². The fourth-order valence-electron chi connectivity index (χ4n) is 3.63. The molecule has 4 atom stereocenters. The summed E-state index contributed by atoms with van der Waals surface area (Å²) in [6.07, 6.45) is 10.4. The highest BCUT2D eigenvalue weighted by molar-refractivity contribution is 7.99. The van der Waals surface area contributed by atoms with E-state index in [-0.39, 0.29) is 5.91 Å². The second kappa shape index (κ2) is 8.28. The van der Waals surface area contributed by atoms with Gasteiger partial charge in [-0.1, -0.05) is 19.8 Å². The van der Waals surface area contributed by atoms with Gasteiger partial charge in [0, 0.05) is 17.7 Å². The number of nitrogens with one attached hydrogen (secondary N) is 2. The molecule has 1 heterocycles. The second-order valence-corrected chi connectivity index (χ2v) is 7.60. The Hall–Kier alpha value is -0.220. The molecule has 1 saturated carbocycles. The van der Waals surface area contributed by atoms with Gasteiger partial charge in [0.15, 0.2) is 0 Å². The third kappa shape index (κ3) is 4.66. The lowest BCUT2D eigenvalue weighted by molar-refractivity contribution is -0.123. The average molecular weight is 298 g/mol. The van der Waals surface area contributed by atoms with Crippen molar-refractivity contribution in [3.63, 3.8) is 0 Å². The minimum Gasteiger partial charge on any atom is -0.352 e. The molecule has 1 aliphatic heterocycles. The van der Waals surface area contributed by atoms with Crippen LogP contribution in [-0.4, -0.2) is 36.5 Å². The molecule has 0 aromatic carbocycles. The van der Waals surface area contributed by atoms with Crippen molar-refractivity contribution in [2.75, 3.05) is 19.3 Å². The lowest BCUT2D eigenvalue weighted by atomic mass is 9.85. The average Bonchev–Trinajstić information content (AvgIpc) is 2.48. The molecule has 1 amide bonds. The summed E-state index contributed by atoms with van der Waals surface area (Å²) in [7, 11) is 0. The van der Waals surface area contributed by atoms with Gasteiger partial charge in [-0.3, -0.25) is 4.79 Å². The van der Waals surface area contributed by atoms with E-state index in [2.05, 4.69) is 23.8 Å². The standard InChI is InChI=1S/C16H30N2OS/c1-12(13-6-5-9-17-11-13)10-16(19)18-14-7-3-4-8-15(14)20-2/h12-15,17H,3-11H2,1-2H3,(H,18,19). The van der Waals surface area contributed by atoms with Crippen LogP contribution in [0.25, 0.3) is 0 Å². The first-order valence-corrected chi connectivity index (χ1v) is 9.52. The second-order valence-electron chi connectivity index (χ2n) is 6.52. The van der Waals surface area contributed by atoms with Gasteiger partial charge in [0.1, 0.15) is 0 Å². The summed E-state index contributed by atoms with van der Waals surface area (Å²) in [6, 6.07) is 0.405. The molecule has 0 spiro atoms. The highest BCUT2D eigenvalue weighted by Crippen LogP contribution is 2.28. The van der Waals surface area contributed by atoms with Crippen LogP contribution in [0.3, 0.4) is 0 Å². The number of carbonyl (C=O) groups excluding carboxylic acids is 1. The van der Waals surface area contributed by atoms with E-state index < -0.39 is 0 Å². The third-order valence-electron chi connectivity index (χ3n) is 5.00. The van der Waals surface area contributed by atoms with Crippen molar-refractivity contribution in [1.82, 2.24) is 10.6 Å². The molecular weight excluding hydrogens is 268 g/mol. The summed E-state index contributed by atoms with van der Waals surface area (Å²) in [5.74, 6) is 1.45. The largest absolute Gasteiger partial charge is 0.352 e. The van der Waals surface area contributed by atoms with Gasteiger partial charge in [0.25, 0.3) is 0 Å². The highest BCUT2D eigenvalue weighted by Gasteiger charge is 2.27. The van der Waals surface area contributed by atoms with Gasteiger partial charge in [-0.2, -0.15) is 11.8 Å². The number of carbonyl (C=O) groups is 1. The smallest absolute Gasteiger partial charge is 0.220 e. The molecule has 2 rings (SSSR count). The molecule has 0 radical (unpaired) electrons. The summed E-state index contributed by atoms with van der Waals surface area (Å²) in [5, 5.41) is 7.39. The topological polar surface area (TPSA) is 41.1 Å². The molecule has 2 N–H and O–H groups in total. The molecule has 20 heavy (non-hydrogen) atoms. The minimum absolute atomic E-state index is 0.272. The summed E-state index contributed by atoms with van der Waals surface area (Å²) < 4.78 is 0. The van der Waals surface area contributed by atoms with Gasteiger partial charge >= 0.3 is 0 Å². The van der Waals surface area contributed by atoms with E-state index in [4.69, 9.17) is 0 Å². The van der Waals surface area contributed by atoms with E-state index in [1.807, 2.05) is 11.8 Å². The number of piperidine rings is 1. The van der Waals surface area contributed by atoms with Crippen LogP contribution in [0, 0.1) is 11.8 Å². The molecule has 116 valence electrons. The first-order valence-electron chi connectivity index (χ1n) is 8.23. The van der Waals surface area contributed by atoms with Crippen molar-refractivity contribution >= 4 is 17.7 Å². The zero-order valence-corrected chi connectivity index (χ0v) is 13.8. The van der Waals surface area contributed by atoms with Crippen molar-refractivity contribution in [2.24, 2.45) is 11.8 Å². The molecule has 4 heteroatoms. The number of amides is 1. The molecular formula is C16H30N2OS. The summed E-state index contributed by atoms with van der Waals surface area (Å²) in [4.78, 5) is 12.3. The van der Waals surface area contributed by atoms with Gasteiger partial charge in [0.05, 0.1) is 0 Å². The van der Waals surface area contributed by atoms with Crippen molar-refractivity contribution in [3.8, 4) is 0 Å². The Morgan fingerprint density at radius 1 is 1.30 bits per heavy atom. The molecule has 0 bridgehead atoms. The van der Waals surface area contributed by atoms with Crippen LogP contribution < -0.4 is 10.6 Å². The number of thioether (sulfide) groups is 1. The van der Waals surface area contributed by atoms with Gasteiger partial charge in [0.2, 0.25) is 5.91 Å². The van der Waals surface area contributed by atoms with E-state index in [9.17, 15) is 4.79 Å². The molecule has 1 aliphatic carbocycles. The van der Waals surface area contributed by atoms with Crippen LogP contribution in [0.1, 0.15) is 51.9 Å². The summed E-state index contributed by atoms with van der Waals surface area (Å²) in [6.45, 7) is 4.47. The van der Waals surface area contributed by atoms with Gasteiger partial charge < -0.3 is 10.6 Å². The number of hydrogen-bond acceptors (Lipinski definition) is 3. The third-order valence-corrected chi connectivity index (χ3v) is 6.17. The molecule has 0 aromatic heterocycles. The normalized spacial score (nSPS) is 32.6. The highest BCUT2D eigenvalue weighted by atomic mass is 32.2. The summed E-state index contributed by atoms with van der Waals surface area (Å²) in [5.41, 5.74) is 0. The van der Waals surface area contributed by atoms with Crippen LogP contribution in [-0.2, 0) is 4.79 Å². The van der Waals surface area contributed by atoms with E-state index in [0.717, 1.165) is 19.5 Å². The molecule has 0 aromatic rings. The van der Waals surface area contributed by atoms with E-state index in [1.165, 1.54) is 32.1 Å². The van der Waals surface area contributed by atoms with Crippen LogP contribution in [0.4, 0.5) is 0 Å². The number of hydrogen-bond donors (Lipinski definition) is 2. The Morgan fingerprint density at radius 3 is 2.80 bits per heavy atom. The van der Waals surface area contributed by atoms with Crippen LogP contribution in [0.15, 0.2) is 0 Å². The Morgan fingerprint density at radius 2 is 2.10 bits per heavy atom. The van der Waals surface area contributed by atoms with Crippen molar-refractivity contribution < 1.29 is 4.79 Å². The first kappa shape index (κ1) is 16.2. The molecule has 1 saturated heterocycles. The molecule has 3 nitrogen and oxygen atoms in total. The predicted octanol–water partition coefficient (Wildman–Crippen LogP) is 2.80. The fraction of sp³-hybridized carbons (Fsp3) is 0.938. The Balaban J connectivity index is 1.75. The predicted molar refractivity (Wildman–Crippen MR) is 87.1 cm³/mol. The van der Waals surface area contributed by atoms with Gasteiger partial charge in [-0.05, 0) is 56.9 Å². The Kier molecular flexibility index (Phi) is 6.69. The van der Waals surface area contributed by atoms with Crippen molar-refractivity contribution in [1.29, 1.82) is 0 Å². The maximum Gasteiger partial charge on any atom is 0.220 e. The maximum atomic E-state index is 12.3. The zero-order valence-electron chi connectivity index (χ0n) is 13.0. The van der Waals surface area contributed by atoms with Crippen LogP contribution >= 0.6 is 11.8 Å². The van der Waals surface area contributed by atoms with Crippen LogP contribution in [0.5, 0.6) is 0 Å². The maximum absolute atomic E-state index is 12.3. The quantitative estimate of drug-likeness (QED) is 0.820. The molecule has 2 fully saturated rings. The van der Waals surface area contributed by atoms with Crippen molar-refractivity contribution in [2.45, 2.75) is 63.2 Å². The van der Waals surface area contributed by atoms with Crippen LogP contribution in [0.2, 0.25) is 0 Å². The zero-order chi connectivity index (χ0) is 14.4. The molecule has 4 unspecified atom stereocenters. The van der Waals surface area contributed by atoms with Crippen molar-refractivity contribution in [3.05, 3.63) is 0 Å². The Labute approximate surface area is 128 Å². The van der Waals surface area contributed by atoms with E-state index in [1.54, 1.807) is 0 Å². The summed E-state index contributed by atoms with van der Waals surface area (Å²) >= 11 is 1.92. The first-order chi connectivity index (χ1) is 9.70. The monoisotopic (exact) mass is 298 g/mol. The lowest BCUT2D eigenvalue weighted by Crippen LogP contribution is -2.44. The van der Waals surface area contributed by atoms with Gasteiger partial charge in [-0.15, -0.1) is 0 Å². The fourth-order valence-corrected chi connectivity index (χ4v) is 4.57. The Bertz CT molecular complexity index is 305. The SMILES string of the molecule is CSC1CCCCC1NC(=O)CC(C)C1CCCNC1. The minimum atomic E-state index is 0.272. The van der Waals surface area contributed by atoms with Gasteiger partial charge in [-0.25, -0.2) is 0 Å². The lowest BCUT2D eigenvalue weighted by Gasteiger charge is -2.32.